The summed E-state index contributed by atoms with van der Waals surface area (Å²) in [6, 6.07) is 0. The van der Waals surface area contributed by atoms with Crippen molar-refractivity contribution in [2.45, 2.75) is 51.0 Å². The van der Waals surface area contributed by atoms with E-state index >= 15 is 0 Å². The Labute approximate surface area is 79.3 Å². The molecule has 76 valence electrons. The van der Waals surface area contributed by atoms with Crippen LogP contribution in [-0.2, 0) is 4.79 Å². The number of hydrogen-bond donors (Lipinski definition) is 2. The van der Waals surface area contributed by atoms with Crippen LogP contribution in [0.25, 0.3) is 0 Å². The quantitative estimate of drug-likeness (QED) is 0.644. The highest BCUT2D eigenvalue weighted by atomic mass is 16.4. The lowest BCUT2D eigenvalue weighted by atomic mass is 9.79. The highest BCUT2D eigenvalue weighted by molar-refractivity contribution is 5.68. The van der Waals surface area contributed by atoms with Crippen LogP contribution in [-0.4, -0.2) is 16.6 Å². The average molecular weight is 185 g/mol. The zero-order valence-corrected chi connectivity index (χ0v) is 8.25. The van der Waals surface area contributed by atoms with Crippen molar-refractivity contribution < 1.29 is 9.90 Å². The predicted molar refractivity (Wildman–Crippen MR) is 51.4 cm³/mol. The highest BCUT2D eigenvalue weighted by Crippen LogP contribution is 2.32. The summed E-state index contributed by atoms with van der Waals surface area (Å²) in [4.78, 5) is 10.7. The third kappa shape index (κ3) is 2.69. The molecule has 0 aromatic rings. The van der Waals surface area contributed by atoms with E-state index in [0.717, 1.165) is 19.3 Å². The van der Waals surface area contributed by atoms with E-state index in [2.05, 4.69) is 6.92 Å². The highest BCUT2D eigenvalue weighted by Gasteiger charge is 2.34. The Morgan fingerprint density at radius 3 is 2.85 bits per heavy atom. The number of rotatable bonds is 2. The third-order valence-corrected chi connectivity index (χ3v) is 3.24. The maximum atomic E-state index is 10.7. The van der Waals surface area contributed by atoms with Crippen LogP contribution < -0.4 is 5.73 Å². The van der Waals surface area contributed by atoms with Crippen molar-refractivity contribution in [2.75, 3.05) is 0 Å². The Balaban J connectivity index is 2.64. The van der Waals surface area contributed by atoms with Gasteiger partial charge in [-0.15, -0.1) is 0 Å². The molecule has 1 saturated carbocycles. The SMILES string of the molecule is CC1CCCCCC1(N)CC(=O)O. The summed E-state index contributed by atoms with van der Waals surface area (Å²) in [7, 11) is 0. The van der Waals surface area contributed by atoms with E-state index in [0.29, 0.717) is 5.92 Å². The van der Waals surface area contributed by atoms with Gasteiger partial charge in [-0.2, -0.15) is 0 Å². The Bertz CT molecular complexity index is 193. The van der Waals surface area contributed by atoms with E-state index in [1.807, 2.05) is 0 Å². The predicted octanol–water partition coefficient (Wildman–Crippen LogP) is 1.76. The molecule has 0 amide bonds. The number of nitrogens with two attached hydrogens (primary N) is 1. The molecule has 2 atom stereocenters. The molecule has 0 heterocycles. The van der Waals surface area contributed by atoms with Crippen LogP contribution in [0.5, 0.6) is 0 Å². The minimum absolute atomic E-state index is 0.119. The molecule has 1 aliphatic carbocycles. The van der Waals surface area contributed by atoms with Crippen molar-refractivity contribution in [2.24, 2.45) is 11.7 Å². The number of carboxylic acid groups (broad SMARTS) is 1. The summed E-state index contributed by atoms with van der Waals surface area (Å²) in [5, 5.41) is 8.76. The van der Waals surface area contributed by atoms with Gasteiger partial charge < -0.3 is 10.8 Å². The largest absolute Gasteiger partial charge is 0.481 e. The molecule has 3 N–H and O–H groups in total. The van der Waals surface area contributed by atoms with Gasteiger partial charge in [-0.3, -0.25) is 4.79 Å². The van der Waals surface area contributed by atoms with Gasteiger partial charge in [0.2, 0.25) is 0 Å². The first-order chi connectivity index (χ1) is 6.04. The van der Waals surface area contributed by atoms with Crippen LogP contribution in [0.2, 0.25) is 0 Å². The molecule has 0 aromatic carbocycles. The molecule has 0 spiro atoms. The Morgan fingerprint density at radius 2 is 2.23 bits per heavy atom. The average Bonchev–Trinajstić information content (AvgIpc) is 2.14. The molecule has 1 rings (SSSR count). The normalized spacial score (nSPS) is 35.4. The molecule has 1 fully saturated rings. The minimum Gasteiger partial charge on any atom is -0.481 e. The van der Waals surface area contributed by atoms with Crippen LogP contribution in [0.3, 0.4) is 0 Å². The van der Waals surface area contributed by atoms with E-state index in [1.54, 1.807) is 0 Å². The number of hydrogen-bond acceptors (Lipinski definition) is 2. The second kappa shape index (κ2) is 4.09. The molecule has 0 bridgehead atoms. The van der Waals surface area contributed by atoms with Crippen LogP contribution in [0.4, 0.5) is 0 Å². The summed E-state index contributed by atoms with van der Waals surface area (Å²) in [6.45, 7) is 2.08. The number of aliphatic carboxylic acids is 1. The lowest BCUT2D eigenvalue weighted by molar-refractivity contribution is -0.139. The molecule has 2 unspecified atom stereocenters. The lowest BCUT2D eigenvalue weighted by Gasteiger charge is -2.32. The maximum absolute atomic E-state index is 10.7. The van der Waals surface area contributed by atoms with Gasteiger partial charge in [-0.05, 0) is 18.8 Å². The van der Waals surface area contributed by atoms with Crippen molar-refractivity contribution in [1.82, 2.24) is 0 Å². The van der Waals surface area contributed by atoms with Crippen molar-refractivity contribution in [3.05, 3.63) is 0 Å². The zero-order valence-electron chi connectivity index (χ0n) is 8.25. The zero-order chi connectivity index (χ0) is 9.90. The van der Waals surface area contributed by atoms with E-state index in [9.17, 15) is 4.79 Å². The fourth-order valence-corrected chi connectivity index (χ4v) is 2.16. The van der Waals surface area contributed by atoms with Crippen molar-refractivity contribution in [1.29, 1.82) is 0 Å². The fraction of sp³-hybridized carbons (Fsp3) is 0.900. The second-order valence-electron chi connectivity index (χ2n) is 4.30. The van der Waals surface area contributed by atoms with Crippen molar-refractivity contribution >= 4 is 5.97 Å². The van der Waals surface area contributed by atoms with E-state index < -0.39 is 11.5 Å². The Morgan fingerprint density at radius 1 is 1.54 bits per heavy atom. The first-order valence-electron chi connectivity index (χ1n) is 5.05. The molecule has 0 radical (unpaired) electrons. The maximum Gasteiger partial charge on any atom is 0.305 e. The van der Waals surface area contributed by atoms with Gasteiger partial charge in [-0.25, -0.2) is 0 Å². The van der Waals surface area contributed by atoms with E-state index in [-0.39, 0.29) is 6.42 Å². The van der Waals surface area contributed by atoms with Crippen LogP contribution in [0.15, 0.2) is 0 Å². The van der Waals surface area contributed by atoms with Gasteiger partial charge in [0.25, 0.3) is 0 Å². The molecule has 0 aromatic heterocycles. The van der Waals surface area contributed by atoms with Gasteiger partial charge in [0, 0.05) is 5.54 Å². The monoisotopic (exact) mass is 185 g/mol. The van der Waals surface area contributed by atoms with Crippen LogP contribution in [0.1, 0.15) is 45.4 Å². The standard InChI is InChI=1S/C10H19NO2/c1-8-5-3-2-4-6-10(8,11)7-9(12)13/h8H,2-7,11H2,1H3,(H,12,13). The van der Waals surface area contributed by atoms with Crippen LogP contribution in [0, 0.1) is 5.92 Å². The number of carbonyl (C=O) groups is 1. The summed E-state index contributed by atoms with van der Waals surface area (Å²) < 4.78 is 0. The molecule has 1 aliphatic rings. The molecule has 3 nitrogen and oxygen atoms in total. The van der Waals surface area contributed by atoms with Gasteiger partial charge in [-0.1, -0.05) is 26.2 Å². The fourth-order valence-electron chi connectivity index (χ4n) is 2.16. The number of carboxylic acids is 1. The summed E-state index contributed by atoms with van der Waals surface area (Å²) in [6.07, 6.45) is 5.52. The summed E-state index contributed by atoms with van der Waals surface area (Å²) in [5.74, 6) is -0.428. The third-order valence-electron chi connectivity index (χ3n) is 3.24. The Hall–Kier alpha value is -0.570. The van der Waals surface area contributed by atoms with Gasteiger partial charge >= 0.3 is 5.97 Å². The smallest absolute Gasteiger partial charge is 0.305 e. The summed E-state index contributed by atoms with van der Waals surface area (Å²) >= 11 is 0. The first-order valence-corrected chi connectivity index (χ1v) is 5.05. The van der Waals surface area contributed by atoms with Crippen molar-refractivity contribution in [3.63, 3.8) is 0 Å². The van der Waals surface area contributed by atoms with Gasteiger partial charge in [0.1, 0.15) is 0 Å². The minimum atomic E-state index is -0.767. The van der Waals surface area contributed by atoms with Gasteiger partial charge in [0.15, 0.2) is 0 Å². The molecular formula is C10H19NO2. The molecule has 0 aliphatic heterocycles. The van der Waals surface area contributed by atoms with E-state index in [4.69, 9.17) is 10.8 Å². The van der Waals surface area contributed by atoms with Gasteiger partial charge in [0.05, 0.1) is 6.42 Å². The van der Waals surface area contributed by atoms with Crippen LogP contribution >= 0.6 is 0 Å². The molecular weight excluding hydrogens is 166 g/mol. The van der Waals surface area contributed by atoms with Crippen molar-refractivity contribution in [3.8, 4) is 0 Å². The molecule has 13 heavy (non-hydrogen) atoms. The topological polar surface area (TPSA) is 63.3 Å². The summed E-state index contributed by atoms with van der Waals surface area (Å²) in [5.41, 5.74) is 5.67. The van der Waals surface area contributed by atoms with E-state index in [1.165, 1.54) is 12.8 Å². The molecule has 0 saturated heterocycles. The lowest BCUT2D eigenvalue weighted by Crippen LogP contribution is -2.47. The second-order valence-corrected chi connectivity index (χ2v) is 4.30. The molecule has 3 heteroatoms. The first kappa shape index (κ1) is 10.5. The Kier molecular flexibility index (Phi) is 3.31.